The molecule has 0 saturated carbocycles. The van der Waals surface area contributed by atoms with Gasteiger partial charge in [-0.3, -0.25) is 24.5 Å². The van der Waals surface area contributed by atoms with Crippen LogP contribution in [0, 0.1) is 5.82 Å². The molecule has 9 nitrogen and oxygen atoms in total. The zero-order valence-electron chi connectivity index (χ0n) is 19.3. The van der Waals surface area contributed by atoms with Crippen LogP contribution in [-0.4, -0.2) is 65.6 Å². The lowest BCUT2D eigenvalue weighted by Gasteiger charge is -2.36. The summed E-state index contributed by atoms with van der Waals surface area (Å²) >= 11 is 0. The number of piperidine rings is 1. The van der Waals surface area contributed by atoms with Gasteiger partial charge in [-0.2, -0.15) is 0 Å². The molecule has 184 valence electrons. The van der Waals surface area contributed by atoms with E-state index in [1.165, 1.54) is 11.0 Å². The molecule has 0 radical (unpaired) electrons. The fourth-order valence-corrected chi connectivity index (χ4v) is 5.24. The van der Waals surface area contributed by atoms with Gasteiger partial charge in [0.2, 0.25) is 11.8 Å². The summed E-state index contributed by atoms with van der Waals surface area (Å²) in [6.45, 7) is 1.91. The Morgan fingerprint density at radius 3 is 2.61 bits per heavy atom. The topological polar surface area (TPSA) is 103 Å². The molecule has 3 aliphatic heterocycles. The van der Waals surface area contributed by atoms with E-state index in [-0.39, 0.29) is 36.8 Å². The van der Waals surface area contributed by atoms with Gasteiger partial charge in [0.15, 0.2) is 0 Å². The molecule has 6 rings (SSSR count). The summed E-state index contributed by atoms with van der Waals surface area (Å²) in [6.07, 6.45) is 2.00. The molecule has 36 heavy (non-hydrogen) atoms. The van der Waals surface area contributed by atoms with Crippen molar-refractivity contribution in [3.63, 3.8) is 0 Å². The highest BCUT2D eigenvalue weighted by molar-refractivity contribution is 6.05. The van der Waals surface area contributed by atoms with Gasteiger partial charge in [0.25, 0.3) is 11.8 Å². The number of anilines is 1. The van der Waals surface area contributed by atoms with Crippen LogP contribution in [0.25, 0.3) is 11.0 Å². The van der Waals surface area contributed by atoms with Gasteiger partial charge in [0.1, 0.15) is 17.4 Å². The minimum Gasteiger partial charge on any atom is -0.464 e. The van der Waals surface area contributed by atoms with Crippen LogP contribution in [0.5, 0.6) is 0 Å². The van der Waals surface area contributed by atoms with Crippen molar-refractivity contribution in [1.29, 1.82) is 0 Å². The first kappa shape index (κ1) is 22.3. The number of carbonyl (C=O) groups excluding carboxylic acids is 4. The number of amides is 4. The Morgan fingerprint density at radius 2 is 1.83 bits per heavy atom. The van der Waals surface area contributed by atoms with E-state index >= 15 is 4.39 Å². The minimum atomic E-state index is -0.746. The summed E-state index contributed by atoms with van der Waals surface area (Å²) in [4.78, 5) is 54.6. The Morgan fingerprint density at radius 1 is 1.03 bits per heavy atom. The fourth-order valence-electron chi connectivity index (χ4n) is 5.24. The lowest BCUT2D eigenvalue weighted by molar-refractivity contribution is -0.136. The van der Waals surface area contributed by atoms with Crippen molar-refractivity contribution in [1.82, 2.24) is 15.1 Å². The second-order valence-corrected chi connectivity index (χ2v) is 9.31. The Balaban J connectivity index is 1.15. The van der Waals surface area contributed by atoms with Gasteiger partial charge < -0.3 is 19.1 Å². The van der Waals surface area contributed by atoms with E-state index in [0.29, 0.717) is 48.6 Å². The monoisotopic (exact) mass is 490 g/mol. The van der Waals surface area contributed by atoms with Crippen molar-refractivity contribution in [3.8, 4) is 0 Å². The van der Waals surface area contributed by atoms with Crippen LogP contribution in [0.4, 0.5) is 10.1 Å². The molecule has 1 atom stereocenters. The van der Waals surface area contributed by atoms with Crippen LogP contribution in [0.1, 0.15) is 39.1 Å². The molecule has 1 N–H and O–H groups in total. The van der Waals surface area contributed by atoms with Crippen molar-refractivity contribution >= 4 is 40.3 Å². The highest BCUT2D eigenvalue weighted by Gasteiger charge is 2.40. The zero-order valence-corrected chi connectivity index (χ0v) is 19.3. The van der Waals surface area contributed by atoms with Gasteiger partial charge in [-0.05, 0) is 42.3 Å². The molecule has 0 aliphatic carbocycles. The molecule has 10 heteroatoms. The Hall–Kier alpha value is -4.21. The number of imide groups is 1. The number of halogens is 1. The quantitative estimate of drug-likeness (QED) is 0.566. The van der Waals surface area contributed by atoms with Crippen LogP contribution in [-0.2, 0) is 16.1 Å². The second kappa shape index (κ2) is 8.47. The molecule has 0 bridgehead atoms. The van der Waals surface area contributed by atoms with Gasteiger partial charge in [-0.25, -0.2) is 4.39 Å². The molecular weight excluding hydrogens is 467 g/mol. The van der Waals surface area contributed by atoms with Crippen molar-refractivity contribution in [2.75, 3.05) is 31.1 Å². The van der Waals surface area contributed by atoms with Gasteiger partial charge in [0.05, 0.1) is 12.0 Å². The molecule has 3 aromatic rings. The predicted molar refractivity (Wildman–Crippen MR) is 127 cm³/mol. The SMILES string of the molecule is O=C1CCC(N2Cc3cc(N4CCN(C(=O)c5ccc6ccoc6c5)CC4)c(F)cc3C2=O)C(=O)N1. The molecule has 2 fully saturated rings. The molecule has 4 heterocycles. The van der Waals surface area contributed by atoms with Crippen molar-refractivity contribution in [2.24, 2.45) is 0 Å². The third-order valence-corrected chi connectivity index (χ3v) is 7.20. The molecule has 3 aliphatic rings. The number of hydrogen-bond acceptors (Lipinski definition) is 6. The third-order valence-electron chi connectivity index (χ3n) is 7.20. The largest absolute Gasteiger partial charge is 0.464 e. The van der Waals surface area contributed by atoms with E-state index in [0.717, 1.165) is 5.39 Å². The second-order valence-electron chi connectivity index (χ2n) is 9.31. The van der Waals surface area contributed by atoms with Gasteiger partial charge >= 0.3 is 0 Å². The Bertz CT molecular complexity index is 1420. The number of hydrogen-bond donors (Lipinski definition) is 1. The van der Waals surface area contributed by atoms with Crippen LogP contribution in [0.3, 0.4) is 0 Å². The number of fused-ring (bicyclic) bond motifs is 2. The average Bonchev–Trinajstić information content (AvgIpc) is 3.47. The molecule has 4 amide bonds. The summed E-state index contributed by atoms with van der Waals surface area (Å²) in [5.74, 6) is -1.88. The van der Waals surface area contributed by atoms with Crippen molar-refractivity contribution in [3.05, 3.63) is 65.2 Å². The molecule has 2 saturated heterocycles. The highest BCUT2D eigenvalue weighted by atomic mass is 19.1. The smallest absolute Gasteiger partial charge is 0.255 e. The van der Waals surface area contributed by atoms with E-state index in [1.54, 1.807) is 29.4 Å². The third kappa shape index (κ3) is 3.69. The van der Waals surface area contributed by atoms with E-state index in [9.17, 15) is 19.2 Å². The maximum Gasteiger partial charge on any atom is 0.255 e. The summed E-state index contributed by atoms with van der Waals surface area (Å²) in [5, 5.41) is 3.20. The fraction of sp³-hybridized carbons (Fsp3) is 0.308. The van der Waals surface area contributed by atoms with Crippen LogP contribution in [0.15, 0.2) is 47.1 Å². The van der Waals surface area contributed by atoms with Crippen LogP contribution < -0.4 is 10.2 Å². The number of nitrogens with one attached hydrogen (secondary N) is 1. The minimum absolute atomic E-state index is 0.104. The first-order valence-electron chi connectivity index (χ1n) is 11.9. The van der Waals surface area contributed by atoms with E-state index in [1.807, 2.05) is 17.0 Å². The van der Waals surface area contributed by atoms with E-state index < -0.39 is 23.7 Å². The number of benzene rings is 2. The Kier molecular flexibility index (Phi) is 5.24. The number of nitrogens with zero attached hydrogens (tertiary/aromatic N) is 3. The van der Waals surface area contributed by atoms with E-state index in [4.69, 9.17) is 4.42 Å². The first-order valence-corrected chi connectivity index (χ1v) is 11.9. The van der Waals surface area contributed by atoms with Gasteiger partial charge in [-0.15, -0.1) is 0 Å². The predicted octanol–water partition coefficient (Wildman–Crippen LogP) is 2.30. The first-order chi connectivity index (χ1) is 17.4. The molecule has 1 unspecified atom stereocenters. The molecule has 0 spiro atoms. The summed E-state index contributed by atoms with van der Waals surface area (Å²) in [6, 6.07) is 9.34. The lowest BCUT2D eigenvalue weighted by Crippen LogP contribution is -2.52. The van der Waals surface area contributed by atoms with Gasteiger partial charge in [0, 0.05) is 55.7 Å². The number of piperazine rings is 1. The standard InChI is InChI=1S/C26H23FN4O5/c27-19-13-18-17(14-31(26(18)35)20-3-4-23(32)28-24(20)33)11-21(19)29-6-8-30(9-7-29)25(34)16-2-1-15-5-10-36-22(15)12-16/h1-2,5,10-13,20H,3-4,6-9,14H2,(H,28,32,33). The highest BCUT2D eigenvalue weighted by Crippen LogP contribution is 2.33. The normalized spacial score (nSPS) is 20.2. The molecular formula is C26H23FN4O5. The van der Waals surface area contributed by atoms with Crippen LogP contribution in [0.2, 0.25) is 0 Å². The van der Waals surface area contributed by atoms with Gasteiger partial charge in [-0.1, -0.05) is 6.07 Å². The van der Waals surface area contributed by atoms with E-state index in [2.05, 4.69) is 5.32 Å². The maximum absolute atomic E-state index is 15.1. The zero-order chi connectivity index (χ0) is 25.0. The number of carbonyl (C=O) groups is 4. The molecule has 2 aromatic carbocycles. The maximum atomic E-state index is 15.1. The Labute approximate surface area is 205 Å². The lowest BCUT2D eigenvalue weighted by atomic mass is 10.0. The summed E-state index contributed by atoms with van der Waals surface area (Å²) in [7, 11) is 0. The summed E-state index contributed by atoms with van der Waals surface area (Å²) in [5.41, 5.74) is 2.45. The summed E-state index contributed by atoms with van der Waals surface area (Å²) < 4.78 is 20.5. The van der Waals surface area contributed by atoms with Crippen LogP contribution >= 0.6 is 0 Å². The average molecular weight is 490 g/mol. The van der Waals surface area contributed by atoms with Crippen molar-refractivity contribution in [2.45, 2.75) is 25.4 Å². The number of furan rings is 1. The molecule has 1 aromatic heterocycles. The number of rotatable bonds is 3. The van der Waals surface area contributed by atoms with Crippen molar-refractivity contribution < 1.29 is 28.0 Å².